The lowest BCUT2D eigenvalue weighted by Gasteiger charge is -2.36. The Hall–Kier alpha value is -0.940. The lowest BCUT2D eigenvalue weighted by molar-refractivity contribution is 0.0981. The lowest BCUT2D eigenvalue weighted by Crippen LogP contribution is -2.33. The molecule has 0 bridgehead atoms. The van der Waals surface area contributed by atoms with Crippen LogP contribution in [-0.4, -0.2) is 25.5 Å². The number of ether oxygens (including phenoxy) is 1. The van der Waals surface area contributed by atoms with Gasteiger partial charge in [-0.25, -0.2) is 8.42 Å². The van der Waals surface area contributed by atoms with E-state index in [9.17, 15) is 8.42 Å². The molecule has 96 valence electrons. The summed E-state index contributed by atoms with van der Waals surface area (Å²) in [4.78, 5) is 1.23. The van der Waals surface area contributed by atoms with Gasteiger partial charge in [0.05, 0.1) is 10.6 Å². The zero-order valence-electron chi connectivity index (χ0n) is 10.3. The standard InChI is InChI=1S/C13H14O3S2/c1-13(2)8-17-10-7-18(14,15)11-6-4-3-5-9(11)12(10)16-13/h3-6H,7-8H2,1-2H3. The maximum atomic E-state index is 12.2. The predicted octanol–water partition coefficient (Wildman–Crippen LogP) is 2.68. The summed E-state index contributed by atoms with van der Waals surface area (Å²) in [7, 11) is -3.21. The van der Waals surface area contributed by atoms with E-state index >= 15 is 0 Å². The molecule has 0 atom stereocenters. The predicted molar refractivity (Wildman–Crippen MR) is 73.0 cm³/mol. The third-order valence-electron chi connectivity index (χ3n) is 3.01. The lowest BCUT2D eigenvalue weighted by atomic mass is 10.1. The topological polar surface area (TPSA) is 43.4 Å². The van der Waals surface area contributed by atoms with Crippen LogP contribution in [-0.2, 0) is 14.6 Å². The van der Waals surface area contributed by atoms with E-state index in [1.165, 1.54) is 0 Å². The molecule has 2 aliphatic rings. The first-order valence-corrected chi connectivity index (χ1v) is 8.40. The van der Waals surface area contributed by atoms with Gasteiger partial charge in [-0.15, -0.1) is 11.8 Å². The van der Waals surface area contributed by atoms with Crippen LogP contribution >= 0.6 is 11.8 Å². The molecular formula is C13H14O3S2. The largest absolute Gasteiger partial charge is 0.485 e. The maximum Gasteiger partial charge on any atom is 0.183 e. The smallest absolute Gasteiger partial charge is 0.183 e. The molecule has 0 amide bonds. The molecule has 0 unspecified atom stereocenters. The Labute approximate surface area is 111 Å². The molecule has 0 spiro atoms. The van der Waals surface area contributed by atoms with Crippen LogP contribution in [0.5, 0.6) is 0 Å². The monoisotopic (exact) mass is 282 g/mol. The SMILES string of the molecule is CC1(C)CSC2=C(O1)c1ccccc1S(=O)(=O)C2. The minimum absolute atomic E-state index is 0.0695. The third kappa shape index (κ3) is 1.86. The van der Waals surface area contributed by atoms with Gasteiger partial charge >= 0.3 is 0 Å². The van der Waals surface area contributed by atoms with Crippen LogP contribution < -0.4 is 0 Å². The van der Waals surface area contributed by atoms with E-state index in [2.05, 4.69) is 0 Å². The molecule has 0 saturated carbocycles. The number of fused-ring (bicyclic) bond motifs is 2. The normalized spacial score (nSPS) is 23.9. The highest BCUT2D eigenvalue weighted by molar-refractivity contribution is 8.04. The number of hydrogen-bond donors (Lipinski definition) is 0. The quantitative estimate of drug-likeness (QED) is 0.734. The van der Waals surface area contributed by atoms with E-state index in [1.807, 2.05) is 26.0 Å². The first-order valence-electron chi connectivity index (χ1n) is 5.76. The van der Waals surface area contributed by atoms with Gasteiger partial charge in [-0.05, 0) is 26.0 Å². The second-order valence-corrected chi connectivity index (χ2v) is 8.19. The Morgan fingerprint density at radius 3 is 2.78 bits per heavy atom. The van der Waals surface area contributed by atoms with E-state index in [1.54, 1.807) is 23.9 Å². The summed E-state index contributed by atoms with van der Waals surface area (Å²) in [5.74, 6) is 1.60. The first kappa shape index (κ1) is 12.1. The van der Waals surface area contributed by atoms with Crippen molar-refractivity contribution in [3.05, 3.63) is 34.7 Å². The molecule has 0 aromatic heterocycles. The molecule has 0 radical (unpaired) electrons. The molecule has 2 heterocycles. The molecular weight excluding hydrogens is 268 g/mol. The Kier molecular flexibility index (Phi) is 2.54. The number of rotatable bonds is 0. The number of thioether (sulfide) groups is 1. The van der Waals surface area contributed by atoms with Crippen LogP contribution in [0.1, 0.15) is 19.4 Å². The fourth-order valence-corrected chi connectivity index (χ4v) is 5.25. The van der Waals surface area contributed by atoms with Gasteiger partial charge in [0.2, 0.25) is 0 Å². The summed E-state index contributed by atoms with van der Waals surface area (Å²) >= 11 is 1.60. The molecule has 3 nitrogen and oxygen atoms in total. The summed E-state index contributed by atoms with van der Waals surface area (Å²) < 4.78 is 30.4. The Morgan fingerprint density at radius 1 is 1.28 bits per heavy atom. The van der Waals surface area contributed by atoms with Gasteiger partial charge in [0.25, 0.3) is 0 Å². The molecule has 2 aliphatic heterocycles. The van der Waals surface area contributed by atoms with Crippen molar-refractivity contribution < 1.29 is 13.2 Å². The summed E-state index contributed by atoms with van der Waals surface area (Å²) in [5.41, 5.74) is 0.455. The number of hydrogen-bond acceptors (Lipinski definition) is 4. The van der Waals surface area contributed by atoms with E-state index in [4.69, 9.17) is 4.74 Å². The Bertz CT molecular complexity index is 642. The number of benzene rings is 1. The van der Waals surface area contributed by atoms with Crippen molar-refractivity contribution in [2.45, 2.75) is 24.3 Å². The molecule has 3 rings (SSSR count). The van der Waals surface area contributed by atoms with Crippen LogP contribution in [0.3, 0.4) is 0 Å². The van der Waals surface area contributed by atoms with Crippen LogP contribution in [0.4, 0.5) is 0 Å². The van der Waals surface area contributed by atoms with E-state index in [-0.39, 0.29) is 11.4 Å². The first-order chi connectivity index (χ1) is 8.39. The van der Waals surface area contributed by atoms with Gasteiger partial charge in [-0.2, -0.15) is 0 Å². The van der Waals surface area contributed by atoms with Crippen molar-refractivity contribution in [2.75, 3.05) is 11.5 Å². The zero-order valence-corrected chi connectivity index (χ0v) is 11.9. The molecule has 0 fully saturated rings. The Morgan fingerprint density at radius 2 is 2.00 bits per heavy atom. The van der Waals surface area contributed by atoms with E-state index < -0.39 is 9.84 Å². The minimum atomic E-state index is -3.21. The maximum absolute atomic E-state index is 12.2. The second-order valence-electron chi connectivity index (χ2n) is 5.16. The van der Waals surface area contributed by atoms with Gasteiger partial charge in [0.1, 0.15) is 11.4 Å². The average molecular weight is 282 g/mol. The van der Waals surface area contributed by atoms with Crippen molar-refractivity contribution in [3.63, 3.8) is 0 Å². The summed E-state index contributed by atoms with van der Waals surface area (Å²) in [6, 6.07) is 7.08. The van der Waals surface area contributed by atoms with Crippen LogP contribution in [0.2, 0.25) is 0 Å². The van der Waals surface area contributed by atoms with Crippen LogP contribution in [0.25, 0.3) is 5.76 Å². The molecule has 0 N–H and O–H groups in total. The van der Waals surface area contributed by atoms with Gasteiger partial charge in [0.15, 0.2) is 9.84 Å². The van der Waals surface area contributed by atoms with Gasteiger partial charge in [-0.3, -0.25) is 0 Å². The summed E-state index contributed by atoms with van der Waals surface area (Å²) in [6.07, 6.45) is 0. The molecule has 18 heavy (non-hydrogen) atoms. The molecule has 5 heteroatoms. The Balaban J connectivity index is 2.22. The van der Waals surface area contributed by atoms with Gasteiger partial charge in [0, 0.05) is 16.2 Å². The van der Waals surface area contributed by atoms with Crippen molar-refractivity contribution in [1.29, 1.82) is 0 Å². The average Bonchev–Trinajstić information content (AvgIpc) is 2.30. The summed E-state index contributed by atoms with van der Waals surface area (Å²) in [5, 5.41) is 0. The number of sulfone groups is 1. The van der Waals surface area contributed by atoms with Crippen LogP contribution in [0, 0.1) is 0 Å². The third-order valence-corrected chi connectivity index (χ3v) is 6.41. The highest BCUT2D eigenvalue weighted by Gasteiger charge is 2.37. The fourth-order valence-electron chi connectivity index (χ4n) is 2.18. The molecule has 1 aromatic rings. The second kappa shape index (κ2) is 3.78. The van der Waals surface area contributed by atoms with Crippen molar-refractivity contribution in [3.8, 4) is 0 Å². The minimum Gasteiger partial charge on any atom is -0.485 e. The molecule has 0 saturated heterocycles. The van der Waals surface area contributed by atoms with E-state index in [0.717, 1.165) is 16.4 Å². The van der Waals surface area contributed by atoms with Gasteiger partial charge in [-0.1, -0.05) is 12.1 Å². The van der Waals surface area contributed by atoms with E-state index in [0.29, 0.717) is 10.5 Å². The van der Waals surface area contributed by atoms with Crippen molar-refractivity contribution in [1.82, 2.24) is 0 Å². The molecule has 1 aromatic carbocycles. The summed E-state index contributed by atoms with van der Waals surface area (Å²) in [6.45, 7) is 4.05. The zero-order chi connectivity index (χ0) is 13.0. The van der Waals surface area contributed by atoms with Gasteiger partial charge < -0.3 is 4.74 Å². The fraction of sp³-hybridized carbons (Fsp3) is 0.385. The van der Waals surface area contributed by atoms with Crippen molar-refractivity contribution >= 4 is 27.4 Å². The van der Waals surface area contributed by atoms with Crippen molar-refractivity contribution in [2.24, 2.45) is 0 Å². The van der Waals surface area contributed by atoms with Crippen LogP contribution in [0.15, 0.2) is 34.1 Å². The molecule has 0 aliphatic carbocycles. The highest BCUT2D eigenvalue weighted by atomic mass is 32.2. The highest BCUT2D eigenvalue weighted by Crippen LogP contribution is 2.45.